The zero-order chi connectivity index (χ0) is 19.6. The van der Waals surface area contributed by atoms with Crippen molar-refractivity contribution in [2.75, 3.05) is 0 Å². The molecule has 1 aliphatic heterocycles. The van der Waals surface area contributed by atoms with E-state index < -0.39 is 5.54 Å². The van der Waals surface area contributed by atoms with E-state index in [9.17, 15) is 4.79 Å². The molecule has 3 N–H and O–H groups in total. The van der Waals surface area contributed by atoms with E-state index in [4.69, 9.17) is 10.7 Å². The minimum Gasteiger partial charge on any atom is -0.328 e. The number of benzene rings is 3. The van der Waals surface area contributed by atoms with Crippen LogP contribution >= 0.6 is 0 Å². The van der Waals surface area contributed by atoms with E-state index in [1.807, 2.05) is 85.8 Å². The molecular weight excluding hydrogens is 346 g/mol. The van der Waals surface area contributed by atoms with Crippen molar-refractivity contribution < 1.29 is 4.79 Å². The van der Waals surface area contributed by atoms with Crippen LogP contribution in [-0.2, 0) is 16.8 Å². The molecule has 0 fully saturated rings. The Morgan fingerprint density at radius 3 is 2.11 bits per heavy atom. The molecule has 0 spiro atoms. The van der Waals surface area contributed by atoms with Gasteiger partial charge in [0.15, 0.2) is 5.54 Å². The van der Waals surface area contributed by atoms with Crippen molar-refractivity contribution in [1.29, 1.82) is 0 Å². The third-order valence-electron chi connectivity index (χ3n) is 4.98. The van der Waals surface area contributed by atoms with Crippen LogP contribution in [0.4, 0.5) is 0 Å². The van der Waals surface area contributed by atoms with Crippen LogP contribution in [0.2, 0.25) is 0 Å². The molecule has 0 bridgehead atoms. The van der Waals surface area contributed by atoms with Crippen molar-refractivity contribution in [2.24, 2.45) is 10.7 Å². The summed E-state index contributed by atoms with van der Waals surface area (Å²) in [7, 11) is 0. The molecular formula is C24H23N3O. The van der Waals surface area contributed by atoms with Crippen LogP contribution < -0.4 is 11.1 Å². The highest BCUT2D eigenvalue weighted by atomic mass is 16.2. The average molecular weight is 369 g/mol. The Hall–Kier alpha value is -3.24. The second-order valence-corrected chi connectivity index (χ2v) is 7.24. The molecule has 0 saturated carbocycles. The Balaban J connectivity index is 1.85. The Morgan fingerprint density at radius 1 is 0.929 bits per heavy atom. The van der Waals surface area contributed by atoms with Crippen LogP contribution in [0, 0.1) is 0 Å². The van der Waals surface area contributed by atoms with E-state index in [0.717, 1.165) is 28.7 Å². The minimum absolute atomic E-state index is 0.0723. The van der Waals surface area contributed by atoms with Gasteiger partial charge in [0.1, 0.15) is 5.84 Å². The largest absolute Gasteiger partial charge is 0.328 e. The summed E-state index contributed by atoms with van der Waals surface area (Å²) in [5, 5.41) is 3.02. The van der Waals surface area contributed by atoms with Crippen LogP contribution in [0.5, 0.6) is 0 Å². The number of nitrogens with two attached hydrogens (primary N) is 1. The number of amidine groups is 1. The molecule has 140 valence electrons. The fraction of sp³-hybridized carbons (Fsp3) is 0.167. The third-order valence-corrected chi connectivity index (χ3v) is 4.98. The van der Waals surface area contributed by atoms with E-state index in [1.165, 1.54) is 0 Å². The average Bonchev–Trinajstić information content (AvgIpc) is 3.07. The highest BCUT2D eigenvalue weighted by Crippen LogP contribution is 2.37. The Morgan fingerprint density at radius 2 is 1.54 bits per heavy atom. The van der Waals surface area contributed by atoms with E-state index in [2.05, 4.69) is 11.4 Å². The van der Waals surface area contributed by atoms with E-state index >= 15 is 0 Å². The second-order valence-electron chi connectivity index (χ2n) is 7.24. The van der Waals surface area contributed by atoms with Gasteiger partial charge in [-0.2, -0.15) is 0 Å². The van der Waals surface area contributed by atoms with Gasteiger partial charge in [-0.25, -0.2) is 4.99 Å². The minimum atomic E-state index is -1.09. The summed E-state index contributed by atoms with van der Waals surface area (Å²) >= 11 is 0. The molecule has 4 heteroatoms. The van der Waals surface area contributed by atoms with Crippen LogP contribution in [-0.4, -0.2) is 17.8 Å². The fourth-order valence-corrected chi connectivity index (χ4v) is 3.72. The van der Waals surface area contributed by atoms with Crippen LogP contribution in [0.3, 0.4) is 0 Å². The number of aliphatic imine (C=N–C) groups is 1. The number of carbonyl (C=O) groups is 1. The summed E-state index contributed by atoms with van der Waals surface area (Å²) in [5.41, 5.74) is 8.57. The molecule has 3 aromatic carbocycles. The van der Waals surface area contributed by atoms with Gasteiger partial charge in [-0.1, -0.05) is 78.9 Å². The fourth-order valence-electron chi connectivity index (χ4n) is 3.72. The van der Waals surface area contributed by atoms with Crippen molar-refractivity contribution in [3.63, 3.8) is 0 Å². The summed E-state index contributed by atoms with van der Waals surface area (Å²) in [6.45, 7) is 1.98. The third kappa shape index (κ3) is 3.23. The smallest absolute Gasteiger partial charge is 0.262 e. The molecule has 0 aromatic heterocycles. The summed E-state index contributed by atoms with van der Waals surface area (Å²) in [5.74, 6) is 0.446. The molecule has 1 heterocycles. The first kappa shape index (κ1) is 18.1. The number of amides is 1. The standard InChI is InChI=1S/C24H23N3O/c1-17(25)15-18-9-8-10-19(16-18)22-26-23(28)24(27-22,20-11-4-2-5-12-20)21-13-6-3-7-14-21/h2-14,16-17H,15,25H2,1H3,(H,26,27,28). The Labute approximate surface area is 165 Å². The molecule has 1 amide bonds. The van der Waals surface area contributed by atoms with Crippen molar-refractivity contribution >= 4 is 11.7 Å². The normalized spacial score (nSPS) is 16.4. The summed E-state index contributed by atoms with van der Waals surface area (Å²) in [4.78, 5) is 18.3. The molecule has 0 aliphatic carbocycles. The molecule has 4 rings (SSSR count). The van der Waals surface area contributed by atoms with Gasteiger partial charge in [-0.05, 0) is 36.1 Å². The molecule has 4 nitrogen and oxygen atoms in total. The van der Waals surface area contributed by atoms with Crippen molar-refractivity contribution in [2.45, 2.75) is 24.9 Å². The zero-order valence-electron chi connectivity index (χ0n) is 15.8. The van der Waals surface area contributed by atoms with Gasteiger partial charge in [-0.3, -0.25) is 4.79 Å². The lowest BCUT2D eigenvalue weighted by molar-refractivity contribution is -0.122. The van der Waals surface area contributed by atoms with Gasteiger partial charge in [0.05, 0.1) is 0 Å². The Bertz CT molecular complexity index is 971. The highest BCUT2D eigenvalue weighted by molar-refractivity contribution is 6.16. The molecule has 1 unspecified atom stereocenters. The number of nitrogens with one attached hydrogen (secondary N) is 1. The van der Waals surface area contributed by atoms with Gasteiger partial charge in [0.25, 0.3) is 5.91 Å². The van der Waals surface area contributed by atoms with Crippen LogP contribution in [0.25, 0.3) is 0 Å². The van der Waals surface area contributed by atoms with Crippen molar-refractivity contribution in [1.82, 2.24) is 5.32 Å². The molecule has 1 atom stereocenters. The first-order valence-electron chi connectivity index (χ1n) is 9.47. The number of carbonyl (C=O) groups excluding carboxylic acids is 1. The summed E-state index contributed by atoms with van der Waals surface area (Å²) < 4.78 is 0. The summed E-state index contributed by atoms with van der Waals surface area (Å²) in [6, 6.07) is 27.5. The van der Waals surface area contributed by atoms with Crippen molar-refractivity contribution in [3.05, 3.63) is 107 Å². The lowest BCUT2D eigenvalue weighted by atomic mass is 9.83. The molecule has 3 aromatic rings. The second kappa shape index (κ2) is 7.41. The van der Waals surface area contributed by atoms with Gasteiger partial charge in [0, 0.05) is 11.6 Å². The van der Waals surface area contributed by atoms with Crippen LogP contribution in [0.15, 0.2) is 89.9 Å². The first-order chi connectivity index (χ1) is 13.6. The molecule has 1 aliphatic rings. The quantitative estimate of drug-likeness (QED) is 0.724. The number of hydrogen-bond donors (Lipinski definition) is 2. The molecule has 0 radical (unpaired) electrons. The maximum absolute atomic E-state index is 13.3. The maximum atomic E-state index is 13.3. The number of rotatable bonds is 5. The molecule has 0 saturated heterocycles. The van der Waals surface area contributed by atoms with Gasteiger partial charge in [-0.15, -0.1) is 0 Å². The van der Waals surface area contributed by atoms with Crippen molar-refractivity contribution in [3.8, 4) is 0 Å². The predicted molar refractivity (Wildman–Crippen MR) is 112 cm³/mol. The number of hydrogen-bond acceptors (Lipinski definition) is 3. The van der Waals surface area contributed by atoms with E-state index in [0.29, 0.717) is 5.84 Å². The van der Waals surface area contributed by atoms with Gasteiger partial charge in [0.2, 0.25) is 0 Å². The lowest BCUT2D eigenvalue weighted by Crippen LogP contribution is -2.38. The zero-order valence-corrected chi connectivity index (χ0v) is 15.8. The SMILES string of the molecule is CC(N)Cc1cccc(C2=NC(c3ccccc3)(c3ccccc3)C(=O)N2)c1. The number of nitrogens with zero attached hydrogens (tertiary/aromatic N) is 1. The summed E-state index contributed by atoms with van der Waals surface area (Å²) in [6.07, 6.45) is 0.775. The van der Waals surface area contributed by atoms with Gasteiger partial charge >= 0.3 is 0 Å². The highest BCUT2D eigenvalue weighted by Gasteiger charge is 2.46. The van der Waals surface area contributed by atoms with Crippen LogP contribution in [0.1, 0.15) is 29.2 Å². The maximum Gasteiger partial charge on any atom is 0.262 e. The predicted octanol–water partition coefficient (Wildman–Crippen LogP) is 3.40. The first-order valence-corrected chi connectivity index (χ1v) is 9.47. The van der Waals surface area contributed by atoms with E-state index in [-0.39, 0.29) is 11.9 Å². The van der Waals surface area contributed by atoms with Gasteiger partial charge < -0.3 is 11.1 Å². The topological polar surface area (TPSA) is 67.5 Å². The lowest BCUT2D eigenvalue weighted by Gasteiger charge is -2.24. The molecule has 28 heavy (non-hydrogen) atoms. The Kier molecular flexibility index (Phi) is 4.80. The monoisotopic (exact) mass is 369 g/mol. The van der Waals surface area contributed by atoms with E-state index in [1.54, 1.807) is 0 Å².